The molecular weight excluding hydrogens is 446 g/mol. The van der Waals surface area contributed by atoms with E-state index in [2.05, 4.69) is 5.32 Å². The Morgan fingerprint density at radius 1 is 1.03 bits per heavy atom. The topological polar surface area (TPSA) is 153 Å². The summed E-state index contributed by atoms with van der Waals surface area (Å²) < 4.78 is 5.09. The van der Waals surface area contributed by atoms with E-state index in [-0.39, 0.29) is 28.5 Å². The Balaban J connectivity index is 1.64. The van der Waals surface area contributed by atoms with Crippen LogP contribution in [0.25, 0.3) is 0 Å². The molecule has 2 aromatic carbocycles. The fourth-order valence-electron chi connectivity index (χ4n) is 3.27. The van der Waals surface area contributed by atoms with Crippen LogP contribution < -0.4 is 5.32 Å². The first-order valence-corrected chi connectivity index (χ1v) is 10.3. The molecule has 34 heavy (non-hydrogen) atoms. The van der Waals surface area contributed by atoms with Crippen molar-refractivity contribution in [2.45, 2.75) is 26.9 Å². The molecule has 0 saturated carbocycles. The number of carbonyl (C=O) groups excluding carboxylic acids is 5. The van der Waals surface area contributed by atoms with E-state index >= 15 is 0 Å². The van der Waals surface area contributed by atoms with Gasteiger partial charge in [-0.3, -0.25) is 39.0 Å². The Labute approximate surface area is 193 Å². The van der Waals surface area contributed by atoms with Crippen LogP contribution in [0.3, 0.4) is 0 Å². The number of rotatable bonds is 8. The van der Waals surface area contributed by atoms with Gasteiger partial charge in [-0.15, -0.1) is 0 Å². The number of esters is 1. The maximum absolute atomic E-state index is 12.6. The minimum absolute atomic E-state index is 0.180. The average Bonchev–Trinajstić information content (AvgIpc) is 3.03. The molecule has 0 aromatic heterocycles. The summed E-state index contributed by atoms with van der Waals surface area (Å²) in [7, 11) is 0. The van der Waals surface area contributed by atoms with Gasteiger partial charge in [0.25, 0.3) is 17.5 Å². The molecular formula is C23H21N3O8. The number of ether oxygens (including phenoxy) is 1. The molecule has 0 bridgehead atoms. The monoisotopic (exact) mass is 467 g/mol. The van der Waals surface area contributed by atoms with Crippen LogP contribution in [0.5, 0.6) is 0 Å². The molecule has 1 aliphatic rings. The Morgan fingerprint density at radius 3 is 2.26 bits per heavy atom. The zero-order valence-electron chi connectivity index (χ0n) is 18.6. The summed E-state index contributed by atoms with van der Waals surface area (Å²) in [6, 6.07) is 9.61. The van der Waals surface area contributed by atoms with Crippen LogP contribution in [-0.2, 0) is 14.3 Å². The quantitative estimate of drug-likeness (QED) is 0.204. The highest BCUT2D eigenvalue weighted by Crippen LogP contribution is 2.30. The van der Waals surface area contributed by atoms with E-state index in [1.54, 1.807) is 13.8 Å². The average molecular weight is 467 g/mol. The Bertz CT molecular complexity index is 1200. The smallest absolute Gasteiger partial charge is 0.326 e. The van der Waals surface area contributed by atoms with Crippen molar-refractivity contribution in [1.29, 1.82) is 0 Å². The summed E-state index contributed by atoms with van der Waals surface area (Å²) in [5, 5.41) is 13.9. The summed E-state index contributed by atoms with van der Waals surface area (Å²) in [5.74, 6) is -3.80. The predicted molar refractivity (Wildman–Crippen MR) is 118 cm³/mol. The molecule has 1 aliphatic heterocycles. The van der Waals surface area contributed by atoms with Crippen molar-refractivity contribution in [3.05, 3.63) is 69.3 Å². The molecule has 2 aromatic rings. The van der Waals surface area contributed by atoms with Crippen LogP contribution in [0.4, 0.5) is 11.4 Å². The number of benzene rings is 2. The van der Waals surface area contributed by atoms with Crippen molar-refractivity contribution in [1.82, 2.24) is 4.90 Å². The van der Waals surface area contributed by atoms with Gasteiger partial charge in [0.2, 0.25) is 11.7 Å². The summed E-state index contributed by atoms with van der Waals surface area (Å²) in [6.45, 7) is 4.02. The number of anilines is 1. The van der Waals surface area contributed by atoms with Crippen molar-refractivity contribution in [3.8, 4) is 0 Å². The van der Waals surface area contributed by atoms with E-state index in [4.69, 9.17) is 4.74 Å². The first kappa shape index (κ1) is 24.2. The van der Waals surface area contributed by atoms with Crippen molar-refractivity contribution in [2.75, 3.05) is 11.9 Å². The van der Waals surface area contributed by atoms with E-state index in [0.717, 1.165) is 6.07 Å². The number of nitro benzene ring substituents is 1. The predicted octanol–water partition coefficient (Wildman–Crippen LogP) is 2.60. The van der Waals surface area contributed by atoms with Crippen molar-refractivity contribution in [3.63, 3.8) is 0 Å². The molecule has 3 rings (SSSR count). The minimum atomic E-state index is -1.23. The van der Waals surface area contributed by atoms with Crippen LogP contribution in [0, 0.1) is 16.0 Å². The van der Waals surface area contributed by atoms with Gasteiger partial charge in [-0.1, -0.05) is 19.9 Å². The normalized spacial score (nSPS) is 13.5. The van der Waals surface area contributed by atoms with Crippen molar-refractivity contribution >= 4 is 40.8 Å². The standard InChI is InChI=1S/C23H21N3O8/c1-12(2)21(29)24-15-9-7-14(8-10-15)20(28)13(3)34-18(27)11-25-22(30)16-5-4-6-17(26(32)33)19(16)23(25)31/h4-10,12-13H,11H2,1-3H3,(H,24,29). The number of hydrogen-bond donors (Lipinski definition) is 1. The number of fused-ring (bicyclic) bond motifs is 1. The third-order valence-electron chi connectivity index (χ3n) is 5.10. The summed E-state index contributed by atoms with van der Waals surface area (Å²) in [6.07, 6.45) is -1.23. The lowest BCUT2D eigenvalue weighted by molar-refractivity contribution is -0.385. The van der Waals surface area contributed by atoms with Crippen LogP contribution >= 0.6 is 0 Å². The molecule has 1 N–H and O–H groups in total. The Kier molecular flexibility index (Phi) is 6.85. The van der Waals surface area contributed by atoms with Crippen LogP contribution in [-0.4, -0.2) is 51.9 Å². The summed E-state index contributed by atoms with van der Waals surface area (Å²) in [5.41, 5.74) is -0.387. The maximum atomic E-state index is 12.6. The van der Waals surface area contributed by atoms with E-state index in [9.17, 15) is 34.1 Å². The van der Waals surface area contributed by atoms with Gasteiger partial charge in [-0.2, -0.15) is 0 Å². The Hall–Kier alpha value is -4.41. The molecule has 0 saturated heterocycles. The second-order valence-electron chi connectivity index (χ2n) is 7.87. The Morgan fingerprint density at radius 2 is 1.68 bits per heavy atom. The number of hydrogen-bond acceptors (Lipinski definition) is 8. The third-order valence-corrected chi connectivity index (χ3v) is 5.10. The molecule has 3 amide bonds. The molecule has 176 valence electrons. The van der Waals surface area contributed by atoms with Gasteiger partial charge in [-0.05, 0) is 37.3 Å². The summed E-state index contributed by atoms with van der Waals surface area (Å²) >= 11 is 0. The SMILES string of the molecule is CC(C)C(=O)Nc1ccc(C(=O)C(C)OC(=O)CN2C(=O)c3cccc([N+](=O)[O-])c3C2=O)cc1. The molecule has 1 atom stereocenters. The number of ketones is 1. The fraction of sp³-hybridized carbons (Fsp3) is 0.261. The molecule has 1 heterocycles. The van der Waals surface area contributed by atoms with Crippen LogP contribution in [0.1, 0.15) is 51.8 Å². The lowest BCUT2D eigenvalue weighted by Gasteiger charge is -2.16. The van der Waals surface area contributed by atoms with Gasteiger partial charge >= 0.3 is 5.97 Å². The molecule has 1 unspecified atom stereocenters. The lowest BCUT2D eigenvalue weighted by Crippen LogP contribution is -2.37. The zero-order valence-corrected chi connectivity index (χ0v) is 18.6. The number of nitro groups is 1. The first-order chi connectivity index (χ1) is 16.0. The van der Waals surface area contributed by atoms with Gasteiger partial charge in [0.1, 0.15) is 12.1 Å². The number of nitrogens with zero attached hydrogens (tertiary/aromatic N) is 2. The van der Waals surface area contributed by atoms with Crippen molar-refractivity contribution in [2.24, 2.45) is 5.92 Å². The maximum Gasteiger partial charge on any atom is 0.326 e. The van der Waals surface area contributed by atoms with Gasteiger partial charge in [0, 0.05) is 23.2 Å². The number of amides is 3. The first-order valence-electron chi connectivity index (χ1n) is 10.3. The highest BCUT2D eigenvalue weighted by molar-refractivity contribution is 6.24. The largest absolute Gasteiger partial charge is 0.453 e. The number of nitrogens with one attached hydrogen (secondary N) is 1. The third kappa shape index (κ3) is 4.82. The van der Waals surface area contributed by atoms with E-state index in [1.807, 2.05) is 0 Å². The number of imide groups is 1. The molecule has 0 fully saturated rings. The fourth-order valence-corrected chi connectivity index (χ4v) is 3.27. The van der Waals surface area contributed by atoms with E-state index in [0.29, 0.717) is 10.6 Å². The minimum Gasteiger partial charge on any atom is -0.453 e. The molecule has 11 nitrogen and oxygen atoms in total. The second kappa shape index (κ2) is 9.61. The highest BCUT2D eigenvalue weighted by Gasteiger charge is 2.42. The second-order valence-corrected chi connectivity index (χ2v) is 7.87. The summed E-state index contributed by atoms with van der Waals surface area (Å²) in [4.78, 5) is 72.7. The molecule has 0 spiro atoms. The molecule has 0 radical (unpaired) electrons. The molecule has 0 aliphatic carbocycles. The van der Waals surface area contributed by atoms with E-state index in [1.165, 1.54) is 43.3 Å². The van der Waals surface area contributed by atoms with Crippen LogP contribution in [0.15, 0.2) is 42.5 Å². The zero-order chi connectivity index (χ0) is 25.2. The van der Waals surface area contributed by atoms with E-state index < -0.39 is 46.8 Å². The van der Waals surface area contributed by atoms with Crippen molar-refractivity contribution < 1.29 is 33.6 Å². The number of carbonyl (C=O) groups is 5. The van der Waals surface area contributed by atoms with Gasteiger partial charge in [-0.25, -0.2) is 0 Å². The van der Waals surface area contributed by atoms with Crippen LogP contribution in [0.2, 0.25) is 0 Å². The highest BCUT2D eigenvalue weighted by atomic mass is 16.6. The molecule has 11 heteroatoms. The van der Waals surface area contributed by atoms with Gasteiger partial charge in [0.05, 0.1) is 10.5 Å². The lowest BCUT2D eigenvalue weighted by atomic mass is 10.1. The van der Waals surface area contributed by atoms with Gasteiger partial charge < -0.3 is 10.1 Å². The number of Topliss-reactive ketones (excluding diaryl/α,β-unsaturated/α-hetero) is 1. The van der Waals surface area contributed by atoms with Gasteiger partial charge in [0.15, 0.2) is 6.10 Å².